The molecule has 11 heteroatoms. The van der Waals surface area contributed by atoms with Crippen molar-refractivity contribution in [1.82, 2.24) is 0 Å². The summed E-state index contributed by atoms with van der Waals surface area (Å²) in [5.74, 6) is -5.07. The molecule has 1 heterocycles. The first-order valence-corrected chi connectivity index (χ1v) is 13.3. The van der Waals surface area contributed by atoms with Crippen molar-refractivity contribution < 1.29 is 4.74 Å². The van der Waals surface area contributed by atoms with E-state index in [1.54, 1.807) is 0 Å². The second-order valence-corrected chi connectivity index (χ2v) is 16.3. The van der Waals surface area contributed by atoms with Gasteiger partial charge in [-0.05, 0) is 51.6 Å². The van der Waals surface area contributed by atoms with E-state index in [0.29, 0.717) is 11.9 Å². The number of allylic oxidation sites excluding steroid dienone is 1. The van der Waals surface area contributed by atoms with Crippen LogP contribution in [0.5, 0.6) is 0 Å². The first kappa shape index (κ1) is 15.4. The van der Waals surface area contributed by atoms with E-state index < -0.39 is 19.0 Å². The van der Waals surface area contributed by atoms with Gasteiger partial charge in [0.1, 0.15) is 0 Å². The fourth-order valence-electron chi connectivity index (χ4n) is 1.11. The molecular formula is C5H10Cl4N3OP3. The lowest BCUT2D eigenvalue weighted by molar-refractivity contribution is 0.297. The first-order chi connectivity index (χ1) is 7.08. The molecule has 0 aromatic heterocycles. The molecule has 0 amide bonds. The molecule has 0 aliphatic carbocycles. The van der Waals surface area contributed by atoms with Gasteiger partial charge in [-0.1, -0.05) is 6.58 Å². The average Bonchev–Trinajstić information content (AvgIpc) is 1.95. The zero-order chi connectivity index (χ0) is 12.6. The van der Waals surface area contributed by atoms with Crippen LogP contribution >= 0.6 is 64.0 Å². The Morgan fingerprint density at radius 1 is 1.12 bits per heavy atom. The molecule has 0 aromatic rings. The Labute approximate surface area is 114 Å². The molecule has 0 spiro atoms. The summed E-state index contributed by atoms with van der Waals surface area (Å²) in [5, 5.41) is 0. The molecule has 0 radical (unpaired) electrons. The molecule has 94 valence electrons. The maximum atomic E-state index is 5.97. The van der Waals surface area contributed by atoms with Gasteiger partial charge in [-0.15, -0.1) is 0 Å². The van der Waals surface area contributed by atoms with Crippen LogP contribution in [-0.2, 0) is 4.74 Å². The molecule has 0 N–H and O–H groups in total. The Morgan fingerprint density at radius 2 is 1.62 bits per heavy atom. The molecule has 0 saturated heterocycles. The van der Waals surface area contributed by atoms with E-state index in [1.807, 2.05) is 6.66 Å². The lowest BCUT2D eigenvalue weighted by Gasteiger charge is -2.23. The van der Waals surface area contributed by atoms with Gasteiger partial charge in [0.05, 0.1) is 26.2 Å². The largest absolute Gasteiger partial charge is 0.501 e. The third-order valence-corrected chi connectivity index (χ3v) is 13.9. The van der Waals surface area contributed by atoms with Crippen molar-refractivity contribution >= 4 is 64.0 Å². The molecule has 1 rings (SSSR count). The van der Waals surface area contributed by atoms with Crippen LogP contribution in [0.1, 0.15) is 0 Å². The van der Waals surface area contributed by atoms with Crippen molar-refractivity contribution in [2.45, 2.75) is 0 Å². The van der Waals surface area contributed by atoms with Gasteiger partial charge >= 0.3 is 0 Å². The van der Waals surface area contributed by atoms with Crippen LogP contribution < -0.4 is 0 Å². The molecule has 16 heavy (non-hydrogen) atoms. The first-order valence-electron chi connectivity index (χ1n) is 3.96. The van der Waals surface area contributed by atoms with Crippen LogP contribution in [0.15, 0.2) is 25.9 Å². The maximum absolute atomic E-state index is 5.97. The molecule has 1 unspecified atom stereocenters. The van der Waals surface area contributed by atoms with Crippen molar-refractivity contribution in [1.29, 1.82) is 0 Å². The van der Waals surface area contributed by atoms with Crippen LogP contribution in [-0.4, -0.2) is 19.9 Å². The quantitative estimate of drug-likeness (QED) is 0.404. The molecule has 0 saturated carbocycles. The normalized spacial score (nSPS) is 30.6. The minimum atomic E-state index is -2.81. The van der Waals surface area contributed by atoms with Crippen LogP contribution in [0, 0.1) is 0 Å². The highest BCUT2D eigenvalue weighted by Gasteiger charge is 2.30. The van der Waals surface area contributed by atoms with E-state index >= 15 is 0 Å². The van der Waals surface area contributed by atoms with Crippen LogP contribution in [0.25, 0.3) is 0 Å². The monoisotopic (exact) mass is 361 g/mol. The van der Waals surface area contributed by atoms with Crippen molar-refractivity contribution in [2.24, 2.45) is 13.5 Å². The SMILES string of the molecule is C=C(CP1(C)=NP(Cl)(Cl)=NP(Cl)(Cl)=N1)OC. The standard InChI is InChI=1S/C5H10Cl4N3OP3/c1-5(13-2)4-14(3)10-15(6,7)12-16(8,9)11-14/h1,4H2,2-3H3. The number of rotatable bonds is 3. The van der Waals surface area contributed by atoms with E-state index in [2.05, 4.69) is 20.1 Å². The second-order valence-electron chi connectivity index (χ2n) is 3.17. The summed E-state index contributed by atoms with van der Waals surface area (Å²) in [7, 11) is -0.652. The van der Waals surface area contributed by atoms with Gasteiger partial charge in [0.15, 0.2) is 0 Å². The highest BCUT2D eigenvalue weighted by atomic mass is 35.9. The van der Waals surface area contributed by atoms with Gasteiger partial charge in [-0.2, -0.15) is 4.52 Å². The average molecular weight is 363 g/mol. The van der Waals surface area contributed by atoms with Gasteiger partial charge in [0.25, 0.3) is 11.8 Å². The number of hydrogen-bond acceptors (Lipinski definition) is 4. The fraction of sp³-hybridized carbons (Fsp3) is 0.600. The van der Waals surface area contributed by atoms with Gasteiger partial charge in [-0.25, -0.2) is 9.03 Å². The molecular weight excluding hydrogens is 353 g/mol. The molecule has 1 atom stereocenters. The number of hydrogen-bond donors (Lipinski definition) is 0. The summed E-state index contributed by atoms with van der Waals surface area (Å²) in [4.78, 5) is 0. The van der Waals surface area contributed by atoms with Crippen LogP contribution in [0.2, 0.25) is 0 Å². The number of methoxy groups -OCH3 is 1. The maximum Gasteiger partial charge on any atom is 0.255 e. The molecule has 1 aliphatic rings. The lowest BCUT2D eigenvalue weighted by atomic mass is 10.7. The Morgan fingerprint density at radius 3 is 2.06 bits per heavy atom. The van der Waals surface area contributed by atoms with E-state index in [0.717, 1.165) is 0 Å². The van der Waals surface area contributed by atoms with E-state index in [1.165, 1.54) is 7.11 Å². The Balaban J connectivity index is 3.26. The summed E-state index contributed by atoms with van der Waals surface area (Å²) in [6.07, 6.45) is 0.432. The summed E-state index contributed by atoms with van der Waals surface area (Å²) in [6.45, 7) is 5.54. The Hall–Kier alpha value is 1.39. The van der Waals surface area contributed by atoms with Crippen molar-refractivity contribution in [3.8, 4) is 0 Å². The lowest BCUT2D eigenvalue weighted by Crippen LogP contribution is -1.93. The Kier molecular flexibility index (Phi) is 5.00. The van der Waals surface area contributed by atoms with Crippen molar-refractivity contribution in [3.05, 3.63) is 12.3 Å². The van der Waals surface area contributed by atoms with E-state index in [4.69, 9.17) is 49.7 Å². The zero-order valence-corrected chi connectivity index (χ0v) is 14.2. The minimum Gasteiger partial charge on any atom is -0.501 e. The third kappa shape index (κ3) is 4.58. The smallest absolute Gasteiger partial charge is 0.255 e. The molecule has 4 nitrogen and oxygen atoms in total. The predicted molar refractivity (Wildman–Crippen MR) is 78.4 cm³/mol. The molecule has 0 bridgehead atoms. The number of nitrogens with zero attached hydrogens (tertiary/aromatic N) is 3. The summed E-state index contributed by atoms with van der Waals surface area (Å²) in [6, 6.07) is 0. The fourth-order valence-corrected chi connectivity index (χ4v) is 18.6. The summed E-state index contributed by atoms with van der Waals surface area (Å²) in [5.41, 5.74) is 0. The van der Waals surface area contributed by atoms with E-state index in [-0.39, 0.29) is 0 Å². The topological polar surface area (TPSA) is 46.3 Å². The van der Waals surface area contributed by atoms with Gasteiger partial charge in [-0.3, -0.25) is 0 Å². The molecule has 0 fully saturated rings. The molecule has 1 aliphatic heterocycles. The highest BCUT2D eigenvalue weighted by Crippen LogP contribution is 2.84. The minimum absolute atomic E-state index is 0.432. The molecule has 0 aromatic carbocycles. The van der Waals surface area contributed by atoms with Gasteiger partial charge in [0, 0.05) is 0 Å². The summed E-state index contributed by atoms with van der Waals surface area (Å²) < 4.78 is 17.4. The zero-order valence-electron chi connectivity index (χ0n) is 8.52. The van der Waals surface area contributed by atoms with Crippen LogP contribution in [0.3, 0.4) is 0 Å². The number of ether oxygens (including phenoxy) is 1. The van der Waals surface area contributed by atoms with Crippen molar-refractivity contribution in [3.63, 3.8) is 0 Å². The van der Waals surface area contributed by atoms with E-state index in [9.17, 15) is 0 Å². The van der Waals surface area contributed by atoms with Gasteiger partial charge < -0.3 is 4.74 Å². The predicted octanol–water partition coefficient (Wildman–Crippen LogP) is 6.75. The van der Waals surface area contributed by atoms with Crippen LogP contribution in [0.4, 0.5) is 0 Å². The Bertz CT molecular complexity index is 468. The second kappa shape index (κ2) is 5.17. The summed E-state index contributed by atoms with van der Waals surface area (Å²) >= 11 is 23.9. The van der Waals surface area contributed by atoms with Gasteiger partial charge in [0.2, 0.25) is 0 Å². The third-order valence-electron chi connectivity index (χ3n) is 1.58. The highest BCUT2D eigenvalue weighted by molar-refractivity contribution is 8.21. The van der Waals surface area contributed by atoms with Crippen molar-refractivity contribution in [2.75, 3.05) is 19.9 Å². The number of halogens is 4.